The van der Waals surface area contributed by atoms with Gasteiger partial charge in [-0.1, -0.05) is 81.3 Å². The fourth-order valence-electron chi connectivity index (χ4n) is 4.73. The van der Waals surface area contributed by atoms with Gasteiger partial charge >= 0.3 is 0 Å². The minimum absolute atomic E-state index is 0.722. The molecular weight excluding hydrogens is 418 g/mol. The second-order valence-electron chi connectivity index (χ2n) is 8.99. The third-order valence-electron chi connectivity index (χ3n) is 6.57. The fraction of sp³-hybridized carbons (Fsp3) is 0.355. The lowest BCUT2D eigenvalue weighted by Gasteiger charge is -2.28. The average Bonchev–Trinajstić information content (AvgIpc) is 3.41. The van der Waals surface area contributed by atoms with E-state index in [9.17, 15) is 0 Å². The molecule has 0 spiro atoms. The Morgan fingerprint density at radius 1 is 0.853 bits per heavy atom. The minimum atomic E-state index is -0.722. The van der Waals surface area contributed by atoms with E-state index in [0.717, 1.165) is 49.2 Å². The molecule has 0 N–H and O–H groups in total. The Hall–Kier alpha value is -3.20. The Morgan fingerprint density at radius 3 is 2.35 bits per heavy atom. The van der Waals surface area contributed by atoms with E-state index < -0.39 is 5.79 Å². The van der Waals surface area contributed by atoms with Crippen molar-refractivity contribution in [3.8, 4) is 11.5 Å². The summed E-state index contributed by atoms with van der Waals surface area (Å²) in [7, 11) is 2.12. The number of rotatable bonds is 7. The Labute approximate surface area is 204 Å². The van der Waals surface area contributed by atoms with Gasteiger partial charge in [0.2, 0.25) is 0 Å². The van der Waals surface area contributed by atoms with Crippen LogP contribution in [0.1, 0.15) is 62.3 Å². The number of aryl methyl sites for hydroxylation is 4. The van der Waals surface area contributed by atoms with Gasteiger partial charge in [-0.25, -0.2) is 0 Å². The van der Waals surface area contributed by atoms with Crippen molar-refractivity contribution in [1.29, 1.82) is 0 Å². The van der Waals surface area contributed by atoms with Crippen molar-refractivity contribution in [2.45, 2.75) is 65.6 Å². The van der Waals surface area contributed by atoms with Crippen LogP contribution in [0.15, 0.2) is 72.9 Å². The molecule has 3 nitrogen and oxygen atoms in total. The van der Waals surface area contributed by atoms with Crippen LogP contribution in [0.4, 0.5) is 0 Å². The van der Waals surface area contributed by atoms with Crippen molar-refractivity contribution in [1.82, 2.24) is 4.57 Å². The smallest absolute Gasteiger partial charge is 0.278 e. The van der Waals surface area contributed by atoms with Crippen LogP contribution >= 0.6 is 0 Å². The largest absolute Gasteiger partial charge is 0.444 e. The summed E-state index contributed by atoms with van der Waals surface area (Å²) < 4.78 is 15.3. The molecule has 1 atom stereocenters. The Morgan fingerprint density at radius 2 is 1.59 bits per heavy atom. The van der Waals surface area contributed by atoms with Crippen LogP contribution in [-0.2, 0) is 25.7 Å². The molecule has 0 amide bonds. The lowest BCUT2D eigenvalue weighted by Crippen LogP contribution is -2.35. The number of fused-ring (bicyclic) bond motifs is 2. The van der Waals surface area contributed by atoms with Crippen molar-refractivity contribution in [2.24, 2.45) is 7.05 Å². The molecule has 4 aromatic rings. The number of hydrogen-bond donors (Lipinski definition) is 0. The maximum Gasteiger partial charge on any atom is 0.278 e. The van der Waals surface area contributed by atoms with Crippen molar-refractivity contribution < 1.29 is 9.47 Å². The van der Waals surface area contributed by atoms with E-state index in [-0.39, 0.29) is 0 Å². The van der Waals surface area contributed by atoms with Crippen LogP contribution in [0, 0.1) is 6.92 Å². The summed E-state index contributed by atoms with van der Waals surface area (Å²) in [6, 6.07) is 23.6. The number of hydrogen-bond acceptors (Lipinski definition) is 2. The lowest BCUT2D eigenvalue weighted by molar-refractivity contribution is -0.0944. The number of nitrogens with zero attached hydrogens (tertiary/aromatic N) is 1. The molecule has 0 bridgehead atoms. The summed E-state index contributed by atoms with van der Waals surface area (Å²) in [5, 5.41) is 1.34. The molecule has 2 heterocycles. The van der Waals surface area contributed by atoms with Crippen LogP contribution in [0.5, 0.6) is 11.5 Å². The molecule has 3 heteroatoms. The van der Waals surface area contributed by atoms with Gasteiger partial charge < -0.3 is 14.0 Å². The van der Waals surface area contributed by atoms with Crippen molar-refractivity contribution >= 4 is 10.9 Å². The molecule has 0 saturated carbocycles. The first kappa shape index (κ1) is 23.9. The van der Waals surface area contributed by atoms with Crippen molar-refractivity contribution in [3.05, 3.63) is 95.2 Å². The average molecular weight is 456 g/mol. The predicted molar refractivity (Wildman–Crippen MR) is 142 cm³/mol. The highest BCUT2D eigenvalue weighted by Gasteiger charge is 2.42. The third-order valence-corrected chi connectivity index (χ3v) is 6.57. The first-order valence-corrected chi connectivity index (χ1v) is 12.7. The van der Waals surface area contributed by atoms with E-state index >= 15 is 0 Å². The molecule has 0 radical (unpaired) electrons. The van der Waals surface area contributed by atoms with Gasteiger partial charge in [0.15, 0.2) is 11.5 Å². The van der Waals surface area contributed by atoms with Gasteiger partial charge in [0, 0.05) is 36.1 Å². The van der Waals surface area contributed by atoms with Crippen LogP contribution < -0.4 is 9.47 Å². The highest BCUT2D eigenvalue weighted by atomic mass is 16.7. The standard InChI is InChI=1S/C29H31NO2.C2H6/c1-4-5-18-29(24-15-10-21(2)11-16-24)31-27-17-13-22(19-28(27)32-29)12-14-23-20-30(3)26-9-7-6-8-25(23)26;1-2/h6-11,13,15-17,19-20H,4-5,12,14,18H2,1-3H3;1-2H3. The Kier molecular flexibility index (Phi) is 7.31. The Balaban J connectivity index is 0.00000133. The topological polar surface area (TPSA) is 23.4 Å². The maximum absolute atomic E-state index is 6.56. The van der Waals surface area contributed by atoms with Crippen LogP contribution in [0.2, 0.25) is 0 Å². The van der Waals surface area contributed by atoms with Gasteiger partial charge in [0.25, 0.3) is 5.79 Å². The van der Waals surface area contributed by atoms with Gasteiger partial charge in [0.1, 0.15) is 0 Å². The molecule has 0 saturated heterocycles. The van der Waals surface area contributed by atoms with E-state index in [1.807, 2.05) is 13.8 Å². The first-order chi connectivity index (χ1) is 16.6. The molecule has 1 aliphatic rings. The van der Waals surface area contributed by atoms with Gasteiger partial charge in [-0.15, -0.1) is 0 Å². The van der Waals surface area contributed by atoms with Crippen LogP contribution in [0.25, 0.3) is 10.9 Å². The highest BCUT2D eigenvalue weighted by molar-refractivity contribution is 5.83. The zero-order valence-corrected chi connectivity index (χ0v) is 21.2. The fourth-order valence-corrected chi connectivity index (χ4v) is 4.73. The molecule has 1 aliphatic heterocycles. The summed E-state index contributed by atoms with van der Waals surface area (Å²) >= 11 is 0. The molecule has 0 aliphatic carbocycles. The summed E-state index contributed by atoms with van der Waals surface area (Å²) in [6.07, 6.45) is 7.22. The maximum atomic E-state index is 6.56. The molecule has 1 unspecified atom stereocenters. The first-order valence-electron chi connectivity index (χ1n) is 12.7. The molecule has 1 aromatic heterocycles. The second kappa shape index (κ2) is 10.4. The molecule has 3 aromatic carbocycles. The van der Waals surface area contributed by atoms with E-state index in [2.05, 4.69) is 98.4 Å². The molecule has 178 valence electrons. The van der Waals surface area contributed by atoms with Crippen molar-refractivity contribution in [3.63, 3.8) is 0 Å². The van der Waals surface area contributed by atoms with E-state index in [1.54, 1.807) is 0 Å². The lowest BCUT2D eigenvalue weighted by atomic mass is 9.98. The number of benzene rings is 3. The van der Waals surface area contributed by atoms with E-state index in [4.69, 9.17) is 9.47 Å². The van der Waals surface area contributed by atoms with Gasteiger partial charge in [-0.05, 0) is 55.5 Å². The van der Waals surface area contributed by atoms with E-state index in [1.165, 1.54) is 27.6 Å². The monoisotopic (exact) mass is 455 g/mol. The quantitative estimate of drug-likeness (QED) is 0.281. The van der Waals surface area contributed by atoms with Crippen LogP contribution in [-0.4, -0.2) is 4.57 Å². The van der Waals surface area contributed by atoms with Gasteiger partial charge in [0.05, 0.1) is 0 Å². The number of aromatic nitrogens is 1. The second-order valence-corrected chi connectivity index (χ2v) is 8.99. The van der Waals surface area contributed by atoms with Crippen LogP contribution in [0.3, 0.4) is 0 Å². The predicted octanol–water partition coefficient (Wildman–Crippen LogP) is 8.11. The summed E-state index contributed by atoms with van der Waals surface area (Å²) in [5.74, 6) is 0.980. The SMILES string of the molecule is CC.CCCCC1(c2ccc(C)cc2)Oc2ccc(CCc3cn(C)c4ccccc34)cc2O1. The van der Waals surface area contributed by atoms with Gasteiger partial charge in [-0.3, -0.25) is 0 Å². The molecular formula is C31H37NO2. The number of para-hydroxylation sites is 1. The zero-order chi connectivity index (χ0) is 24.1. The van der Waals surface area contributed by atoms with E-state index in [0.29, 0.717) is 0 Å². The Bertz CT molecular complexity index is 1240. The van der Waals surface area contributed by atoms with Gasteiger partial charge in [-0.2, -0.15) is 0 Å². The molecule has 5 rings (SSSR count). The summed E-state index contributed by atoms with van der Waals surface area (Å²) in [4.78, 5) is 0. The minimum Gasteiger partial charge on any atom is -0.444 e. The normalized spacial score (nSPS) is 16.4. The summed E-state index contributed by atoms with van der Waals surface area (Å²) in [6.45, 7) is 8.31. The summed E-state index contributed by atoms with van der Waals surface area (Å²) in [5.41, 5.74) is 6.27. The number of unbranched alkanes of at least 4 members (excludes halogenated alkanes) is 1. The number of ether oxygens (including phenoxy) is 2. The molecule has 0 fully saturated rings. The zero-order valence-electron chi connectivity index (χ0n) is 21.2. The third kappa shape index (κ3) is 4.70. The highest BCUT2D eigenvalue weighted by Crippen LogP contribution is 2.47. The van der Waals surface area contributed by atoms with Crippen molar-refractivity contribution in [2.75, 3.05) is 0 Å². The molecule has 34 heavy (non-hydrogen) atoms.